The summed E-state index contributed by atoms with van der Waals surface area (Å²) in [6.07, 6.45) is 0. The summed E-state index contributed by atoms with van der Waals surface area (Å²) in [5.41, 5.74) is 8.50. The normalized spacial score (nSPS) is 16.9. The van der Waals surface area contributed by atoms with Gasteiger partial charge in [-0.1, -0.05) is 0 Å². The Morgan fingerprint density at radius 1 is 1.28 bits per heavy atom. The van der Waals surface area contributed by atoms with E-state index < -0.39 is 0 Å². The highest BCUT2D eigenvalue weighted by Crippen LogP contribution is 2.23. The predicted octanol–water partition coefficient (Wildman–Crippen LogP) is 0.734. The van der Waals surface area contributed by atoms with Crippen LogP contribution in [0.1, 0.15) is 16.8 Å². The smallest absolute Gasteiger partial charge is 0.140 e. The number of pyridine rings is 1. The van der Waals surface area contributed by atoms with Gasteiger partial charge in [0.1, 0.15) is 11.7 Å². The number of nitrogens with two attached hydrogens (primary N) is 1. The fourth-order valence-corrected chi connectivity index (χ4v) is 2.40. The lowest BCUT2D eigenvalue weighted by Crippen LogP contribution is -2.45. The van der Waals surface area contributed by atoms with Gasteiger partial charge in [0.25, 0.3) is 0 Å². The van der Waals surface area contributed by atoms with Gasteiger partial charge in [-0.3, -0.25) is 5.41 Å². The first-order valence-corrected chi connectivity index (χ1v) is 6.25. The van der Waals surface area contributed by atoms with Crippen molar-refractivity contribution in [2.75, 3.05) is 38.1 Å². The van der Waals surface area contributed by atoms with Crippen LogP contribution < -0.4 is 10.6 Å². The molecule has 2 heterocycles. The molecule has 3 N–H and O–H groups in total. The Labute approximate surface area is 108 Å². The van der Waals surface area contributed by atoms with E-state index in [1.54, 1.807) is 0 Å². The Kier molecular flexibility index (Phi) is 3.52. The zero-order valence-electron chi connectivity index (χ0n) is 11.3. The molecule has 2 rings (SSSR count). The third-order valence-corrected chi connectivity index (χ3v) is 3.40. The van der Waals surface area contributed by atoms with Gasteiger partial charge in [0, 0.05) is 31.9 Å². The molecule has 1 fully saturated rings. The highest BCUT2D eigenvalue weighted by Gasteiger charge is 2.21. The first-order chi connectivity index (χ1) is 8.49. The van der Waals surface area contributed by atoms with Crippen LogP contribution in [0.5, 0.6) is 0 Å². The van der Waals surface area contributed by atoms with Crippen LogP contribution in [-0.4, -0.2) is 48.9 Å². The molecule has 0 radical (unpaired) electrons. The fraction of sp³-hybridized carbons (Fsp3) is 0.538. The Balaban J connectivity index is 2.39. The summed E-state index contributed by atoms with van der Waals surface area (Å²) in [4.78, 5) is 9.12. The van der Waals surface area contributed by atoms with Crippen LogP contribution in [0.2, 0.25) is 0 Å². The second kappa shape index (κ2) is 4.94. The summed E-state index contributed by atoms with van der Waals surface area (Å²) in [7, 11) is 2.12. The molecule has 0 aliphatic carbocycles. The van der Waals surface area contributed by atoms with E-state index in [9.17, 15) is 0 Å². The van der Waals surface area contributed by atoms with E-state index in [0.717, 1.165) is 48.8 Å². The van der Waals surface area contributed by atoms with Crippen LogP contribution in [0.4, 0.5) is 5.82 Å². The van der Waals surface area contributed by atoms with E-state index in [2.05, 4.69) is 21.8 Å². The highest BCUT2D eigenvalue weighted by molar-refractivity contribution is 6.01. The topological polar surface area (TPSA) is 69.2 Å². The molecule has 5 heteroatoms. The number of nitrogens with zero attached hydrogens (tertiary/aromatic N) is 3. The molecule has 1 aromatic rings. The summed E-state index contributed by atoms with van der Waals surface area (Å²) in [6.45, 7) is 7.89. The van der Waals surface area contributed by atoms with Gasteiger partial charge in [0.2, 0.25) is 0 Å². The Morgan fingerprint density at radius 3 is 2.44 bits per heavy atom. The van der Waals surface area contributed by atoms with Crippen LogP contribution in [-0.2, 0) is 0 Å². The van der Waals surface area contributed by atoms with Crippen molar-refractivity contribution in [3.8, 4) is 0 Å². The molecule has 0 aromatic carbocycles. The average Bonchev–Trinajstić information content (AvgIpc) is 2.28. The number of amidine groups is 1. The molecule has 0 bridgehead atoms. The summed E-state index contributed by atoms with van der Waals surface area (Å²) in [5, 5.41) is 7.75. The third kappa shape index (κ3) is 2.46. The monoisotopic (exact) mass is 247 g/mol. The van der Waals surface area contributed by atoms with Crippen LogP contribution in [0.3, 0.4) is 0 Å². The van der Waals surface area contributed by atoms with E-state index in [4.69, 9.17) is 11.1 Å². The van der Waals surface area contributed by atoms with Gasteiger partial charge in [0.05, 0.1) is 5.56 Å². The molecule has 5 nitrogen and oxygen atoms in total. The number of piperazine rings is 1. The minimum Gasteiger partial charge on any atom is -0.384 e. The van der Waals surface area contributed by atoms with Gasteiger partial charge >= 0.3 is 0 Å². The second-order valence-corrected chi connectivity index (χ2v) is 4.98. The van der Waals surface area contributed by atoms with Gasteiger partial charge in [-0.2, -0.15) is 0 Å². The van der Waals surface area contributed by atoms with Crippen molar-refractivity contribution in [2.45, 2.75) is 13.8 Å². The van der Waals surface area contributed by atoms with E-state index in [-0.39, 0.29) is 5.84 Å². The Morgan fingerprint density at radius 2 is 1.89 bits per heavy atom. The fourth-order valence-electron chi connectivity index (χ4n) is 2.40. The minimum absolute atomic E-state index is 0.105. The number of nitrogen functional groups attached to an aromatic ring is 1. The molecule has 0 saturated carbocycles. The van der Waals surface area contributed by atoms with Gasteiger partial charge in [0.15, 0.2) is 0 Å². The lowest BCUT2D eigenvalue weighted by molar-refractivity contribution is 0.312. The molecule has 0 spiro atoms. The zero-order valence-corrected chi connectivity index (χ0v) is 11.3. The molecule has 18 heavy (non-hydrogen) atoms. The van der Waals surface area contributed by atoms with Crippen LogP contribution in [0.15, 0.2) is 6.07 Å². The first-order valence-electron chi connectivity index (χ1n) is 6.25. The van der Waals surface area contributed by atoms with Crippen molar-refractivity contribution in [1.82, 2.24) is 9.88 Å². The van der Waals surface area contributed by atoms with Crippen LogP contribution in [0, 0.1) is 19.3 Å². The number of aryl methyl sites for hydroxylation is 2. The number of hydrogen-bond acceptors (Lipinski definition) is 4. The Bertz CT molecular complexity index is 461. The number of nitrogens with one attached hydrogen (secondary N) is 1. The second-order valence-electron chi connectivity index (χ2n) is 4.98. The largest absolute Gasteiger partial charge is 0.384 e. The molecule has 1 aliphatic rings. The van der Waals surface area contributed by atoms with Gasteiger partial charge in [-0.15, -0.1) is 0 Å². The highest BCUT2D eigenvalue weighted by atomic mass is 15.3. The van der Waals surface area contributed by atoms with Gasteiger partial charge in [-0.05, 0) is 32.5 Å². The molecular formula is C13H21N5. The van der Waals surface area contributed by atoms with Crippen molar-refractivity contribution >= 4 is 11.7 Å². The van der Waals surface area contributed by atoms with Crippen LogP contribution in [0.25, 0.3) is 0 Å². The molecule has 1 saturated heterocycles. The number of hydrogen-bond donors (Lipinski definition) is 2. The predicted molar refractivity (Wildman–Crippen MR) is 74.4 cm³/mol. The van der Waals surface area contributed by atoms with Crippen molar-refractivity contribution in [3.05, 3.63) is 22.9 Å². The number of likely N-dealkylation sites (N-methyl/N-ethyl adjacent to an activating group) is 1. The maximum Gasteiger partial charge on any atom is 0.140 e. The van der Waals surface area contributed by atoms with Crippen LogP contribution >= 0.6 is 0 Å². The molecular weight excluding hydrogens is 226 g/mol. The maximum absolute atomic E-state index is 7.75. The number of anilines is 1. The summed E-state index contributed by atoms with van der Waals surface area (Å²) < 4.78 is 0. The third-order valence-electron chi connectivity index (χ3n) is 3.40. The number of aromatic nitrogens is 1. The summed E-state index contributed by atoms with van der Waals surface area (Å²) in [6, 6.07) is 1.98. The zero-order chi connectivity index (χ0) is 13.3. The molecule has 98 valence electrons. The van der Waals surface area contributed by atoms with Gasteiger partial charge < -0.3 is 15.5 Å². The van der Waals surface area contributed by atoms with E-state index >= 15 is 0 Å². The van der Waals surface area contributed by atoms with Crippen molar-refractivity contribution in [1.29, 1.82) is 5.41 Å². The van der Waals surface area contributed by atoms with Crippen molar-refractivity contribution in [3.63, 3.8) is 0 Å². The van der Waals surface area contributed by atoms with Gasteiger partial charge in [-0.25, -0.2) is 4.98 Å². The molecule has 1 aromatic heterocycles. The standard InChI is InChI=1S/C13H21N5/c1-9-8-10(2)16-13(11(9)12(14)15)18-6-4-17(3)5-7-18/h8H,4-7H2,1-3H3,(H3,14,15). The van der Waals surface area contributed by atoms with Crippen molar-refractivity contribution in [2.24, 2.45) is 5.73 Å². The molecule has 1 aliphatic heterocycles. The minimum atomic E-state index is 0.105. The summed E-state index contributed by atoms with van der Waals surface area (Å²) in [5.74, 6) is 0.974. The SMILES string of the molecule is Cc1cc(C)c(C(=N)N)c(N2CCN(C)CC2)n1. The Hall–Kier alpha value is -1.62. The van der Waals surface area contributed by atoms with E-state index in [0.29, 0.717) is 0 Å². The lowest BCUT2D eigenvalue weighted by Gasteiger charge is -2.34. The molecule has 0 atom stereocenters. The molecule has 0 unspecified atom stereocenters. The lowest BCUT2D eigenvalue weighted by atomic mass is 10.1. The maximum atomic E-state index is 7.75. The van der Waals surface area contributed by atoms with E-state index in [1.807, 2.05) is 19.9 Å². The van der Waals surface area contributed by atoms with E-state index in [1.165, 1.54) is 0 Å². The average molecular weight is 247 g/mol. The quantitative estimate of drug-likeness (QED) is 0.597. The first kappa shape index (κ1) is 12.8. The summed E-state index contributed by atoms with van der Waals surface area (Å²) >= 11 is 0. The number of rotatable bonds is 2. The van der Waals surface area contributed by atoms with Crippen molar-refractivity contribution < 1.29 is 0 Å². The molecule has 0 amide bonds.